The van der Waals surface area contributed by atoms with E-state index < -0.39 is 0 Å². The Hall–Kier alpha value is -1.51. The molecular formula is C17H26IN3O3. The zero-order valence-corrected chi connectivity index (χ0v) is 16.6. The van der Waals surface area contributed by atoms with Gasteiger partial charge in [-0.2, -0.15) is 0 Å². The van der Waals surface area contributed by atoms with Crippen LogP contribution in [-0.2, 0) is 9.53 Å². The lowest BCUT2D eigenvalue weighted by molar-refractivity contribution is -0.140. The molecule has 1 aliphatic rings. The molecule has 0 radical (unpaired) electrons. The monoisotopic (exact) mass is 447 g/mol. The van der Waals surface area contributed by atoms with Gasteiger partial charge in [0, 0.05) is 39.5 Å². The van der Waals surface area contributed by atoms with E-state index in [0.29, 0.717) is 13.0 Å². The number of carbonyl (C=O) groups excluding carboxylic acids is 1. The van der Waals surface area contributed by atoms with E-state index in [1.165, 1.54) is 7.11 Å². The van der Waals surface area contributed by atoms with E-state index in [1.54, 1.807) is 7.05 Å². The Bertz CT molecular complexity index is 517. The molecule has 0 unspecified atom stereocenters. The number of nitrogens with zero attached hydrogens (tertiary/aromatic N) is 2. The predicted molar refractivity (Wildman–Crippen MR) is 105 cm³/mol. The second-order valence-electron chi connectivity index (χ2n) is 5.42. The first-order valence-corrected chi connectivity index (χ1v) is 7.97. The number of aliphatic imine (C=N–C) groups is 1. The summed E-state index contributed by atoms with van der Waals surface area (Å²) in [4.78, 5) is 17.6. The quantitative estimate of drug-likeness (QED) is 0.325. The van der Waals surface area contributed by atoms with Gasteiger partial charge >= 0.3 is 5.97 Å². The minimum absolute atomic E-state index is 0. The summed E-state index contributed by atoms with van der Waals surface area (Å²) in [5, 5.41) is 3.20. The van der Waals surface area contributed by atoms with E-state index in [0.717, 1.165) is 37.6 Å². The number of methoxy groups -OCH3 is 1. The Balaban J connectivity index is 0.00000288. The van der Waals surface area contributed by atoms with Crippen LogP contribution in [0.3, 0.4) is 0 Å². The number of piperidine rings is 1. The number of halogens is 1. The number of esters is 1. The van der Waals surface area contributed by atoms with E-state index in [9.17, 15) is 4.79 Å². The van der Waals surface area contributed by atoms with Crippen molar-refractivity contribution in [1.29, 1.82) is 0 Å². The molecule has 0 amide bonds. The molecule has 0 saturated carbocycles. The van der Waals surface area contributed by atoms with Crippen molar-refractivity contribution in [1.82, 2.24) is 10.2 Å². The van der Waals surface area contributed by atoms with Crippen molar-refractivity contribution in [2.45, 2.75) is 25.4 Å². The molecule has 0 bridgehead atoms. The van der Waals surface area contributed by atoms with Crippen LogP contribution < -0.4 is 10.1 Å². The van der Waals surface area contributed by atoms with Gasteiger partial charge in [0.15, 0.2) is 5.96 Å². The molecular weight excluding hydrogens is 421 g/mol. The van der Waals surface area contributed by atoms with E-state index in [4.69, 9.17) is 4.74 Å². The van der Waals surface area contributed by atoms with Crippen LogP contribution in [0.15, 0.2) is 35.3 Å². The van der Waals surface area contributed by atoms with Crippen molar-refractivity contribution >= 4 is 35.9 Å². The van der Waals surface area contributed by atoms with Gasteiger partial charge in [-0.25, -0.2) is 0 Å². The maximum absolute atomic E-state index is 11.1. The average molecular weight is 447 g/mol. The molecule has 1 aliphatic heterocycles. The van der Waals surface area contributed by atoms with Gasteiger partial charge in [0.05, 0.1) is 13.5 Å². The van der Waals surface area contributed by atoms with Crippen LogP contribution in [0.4, 0.5) is 0 Å². The molecule has 1 saturated heterocycles. The highest BCUT2D eigenvalue weighted by Gasteiger charge is 2.22. The summed E-state index contributed by atoms with van der Waals surface area (Å²) in [6.45, 7) is 2.30. The molecule has 0 spiro atoms. The highest BCUT2D eigenvalue weighted by molar-refractivity contribution is 14.0. The molecule has 2 rings (SSSR count). The first-order chi connectivity index (χ1) is 11.2. The zero-order chi connectivity index (χ0) is 16.5. The van der Waals surface area contributed by atoms with Crippen LogP contribution in [0, 0.1) is 0 Å². The molecule has 1 heterocycles. The molecule has 134 valence electrons. The smallest absolute Gasteiger partial charge is 0.307 e. The Morgan fingerprint density at radius 3 is 2.54 bits per heavy atom. The molecule has 1 aromatic carbocycles. The number of hydrogen-bond acceptors (Lipinski definition) is 4. The van der Waals surface area contributed by atoms with Crippen LogP contribution in [0.25, 0.3) is 0 Å². The second kappa shape index (κ2) is 11.1. The summed E-state index contributed by atoms with van der Waals surface area (Å²) >= 11 is 0. The lowest BCUT2D eigenvalue weighted by Crippen LogP contribution is -2.47. The van der Waals surface area contributed by atoms with E-state index in [-0.39, 0.29) is 36.0 Å². The second-order valence-corrected chi connectivity index (χ2v) is 5.42. The minimum atomic E-state index is -0.220. The van der Waals surface area contributed by atoms with Crippen LogP contribution in [0.5, 0.6) is 5.75 Å². The highest BCUT2D eigenvalue weighted by Crippen LogP contribution is 2.18. The number of rotatable bonds is 5. The molecule has 1 fully saturated rings. The largest absolute Gasteiger partial charge is 0.490 e. The summed E-state index contributed by atoms with van der Waals surface area (Å²) in [6.07, 6.45) is 2.48. The molecule has 6 nitrogen and oxygen atoms in total. The zero-order valence-electron chi connectivity index (χ0n) is 14.2. The fourth-order valence-corrected chi connectivity index (χ4v) is 2.59. The molecule has 1 aromatic rings. The van der Waals surface area contributed by atoms with Gasteiger partial charge in [0.1, 0.15) is 11.9 Å². The minimum Gasteiger partial charge on any atom is -0.490 e. The standard InChI is InChI=1S/C17H25N3O3.HI/c1-18-17(19-11-8-16(21)22-2)20-12-9-15(10-13-20)23-14-6-4-3-5-7-14;/h3-7,15H,8-13H2,1-2H3,(H,18,19);1H. The van der Waals surface area contributed by atoms with Crippen LogP contribution in [0.2, 0.25) is 0 Å². The number of carbonyl (C=O) groups is 1. The lowest BCUT2D eigenvalue weighted by atomic mass is 10.1. The highest BCUT2D eigenvalue weighted by atomic mass is 127. The Morgan fingerprint density at radius 1 is 1.29 bits per heavy atom. The first kappa shape index (κ1) is 20.5. The van der Waals surface area contributed by atoms with E-state index in [1.807, 2.05) is 30.3 Å². The third-order valence-corrected chi connectivity index (χ3v) is 3.84. The summed E-state index contributed by atoms with van der Waals surface area (Å²) in [5.41, 5.74) is 0. The van der Waals surface area contributed by atoms with Crippen LogP contribution in [0.1, 0.15) is 19.3 Å². The normalized spacial score (nSPS) is 15.4. The number of likely N-dealkylation sites (tertiary alicyclic amines) is 1. The summed E-state index contributed by atoms with van der Waals surface area (Å²) in [6, 6.07) is 9.92. The fraction of sp³-hybridized carbons (Fsp3) is 0.529. The maximum atomic E-state index is 11.1. The van der Waals surface area contributed by atoms with Gasteiger partial charge in [-0.3, -0.25) is 9.79 Å². The number of nitrogens with one attached hydrogen (secondary N) is 1. The third-order valence-electron chi connectivity index (χ3n) is 3.84. The van der Waals surface area contributed by atoms with Gasteiger partial charge in [-0.15, -0.1) is 24.0 Å². The van der Waals surface area contributed by atoms with Crippen molar-refractivity contribution < 1.29 is 14.3 Å². The number of ether oxygens (including phenoxy) is 2. The Labute approximate surface area is 160 Å². The van der Waals surface area contributed by atoms with Crippen molar-refractivity contribution in [2.24, 2.45) is 4.99 Å². The van der Waals surface area contributed by atoms with Crippen molar-refractivity contribution in [3.8, 4) is 5.75 Å². The summed E-state index contributed by atoms with van der Waals surface area (Å²) < 4.78 is 10.6. The van der Waals surface area contributed by atoms with E-state index in [2.05, 4.69) is 19.9 Å². The predicted octanol–water partition coefficient (Wildman–Crippen LogP) is 2.29. The van der Waals surface area contributed by atoms with Gasteiger partial charge in [0.25, 0.3) is 0 Å². The van der Waals surface area contributed by atoms with Crippen LogP contribution in [-0.4, -0.2) is 56.7 Å². The van der Waals surface area contributed by atoms with Crippen molar-refractivity contribution in [2.75, 3.05) is 33.8 Å². The van der Waals surface area contributed by atoms with Gasteiger partial charge in [-0.05, 0) is 12.1 Å². The molecule has 7 heteroatoms. The van der Waals surface area contributed by atoms with Gasteiger partial charge < -0.3 is 19.7 Å². The number of guanidine groups is 1. The third kappa shape index (κ3) is 6.54. The molecule has 0 aromatic heterocycles. The fourth-order valence-electron chi connectivity index (χ4n) is 2.59. The number of benzene rings is 1. The van der Waals surface area contributed by atoms with Crippen molar-refractivity contribution in [3.63, 3.8) is 0 Å². The SMILES string of the molecule is CN=C(NCCC(=O)OC)N1CCC(Oc2ccccc2)CC1.I. The Kier molecular flexibility index (Phi) is 9.51. The maximum Gasteiger partial charge on any atom is 0.307 e. The van der Waals surface area contributed by atoms with E-state index >= 15 is 0 Å². The molecule has 0 atom stereocenters. The summed E-state index contributed by atoms with van der Waals surface area (Å²) in [7, 11) is 3.15. The topological polar surface area (TPSA) is 63.2 Å². The number of para-hydroxylation sites is 1. The summed E-state index contributed by atoms with van der Waals surface area (Å²) in [5.74, 6) is 1.53. The molecule has 0 aliphatic carbocycles. The van der Waals surface area contributed by atoms with Gasteiger partial charge in [0.2, 0.25) is 0 Å². The lowest BCUT2D eigenvalue weighted by Gasteiger charge is -2.34. The average Bonchev–Trinajstić information content (AvgIpc) is 2.60. The first-order valence-electron chi connectivity index (χ1n) is 7.97. The van der Waals surface area contributed by atoms with Crippen molar-refractivity contribution in [3.05, 3.63) is 30.3 Å². The molecule has 1 N–H and O–H groups in total. The van der Waals surface area contributed by atoms with Gasteiger partial charge in [-0.1, -0.05) is 18.2 Å². The van der Waals surface area contributed by atoms with Crippen LogP contribution >= 0.6 is 24.0 Å². The molecule has 24 heavy (non-hydrogen) atoms. The number of hydrogen-bond donors (Lipinski definition) is 1. The Morgan fingerprint density at radius 2 is 1.96 bits per heavy atom.